The Morgan fingerprint density at radius 1 is 0.711 bits per heavy atom. The summed E-state index contributed by atoms with van der Waals surface area (Å²) in [5.74, 6) is -13.3. The van der Waals surface area contributed by atoms with Crippen molar-refractivity contribution in [1.29, 1.82) is 0 Å². The number of benzene rings is 3. The summed E-state index contributed by atoms with van der Waals surface area (Å²) >= 11 is 0. The molecule has 3 aromatic rings. The predicted molar refractivity (Wildman–Crippen MR) is 113 cm³/mol. The van der Waals surface area contributed by atoms with Gasteiger partial charge < -0.3 is 9.47 Å². The second kappa shape index (κ2) is 10.9. The molecule has 3 rings (SSSR count). The molecule has 0 fully saturated rings. The zero-order valence-electron chi connectivity index (χ0n) is 19.0. The maximum absolute atomic E-state index is 14.6. The van der Waals surface area contributed by atoms with Crippen molar-refractivity contribution in [3.8, 4) is 22.6 Å². The Kier molecular flexibility index (Phi) is 8.27. The average Bonchev–Trinajstić information content (AvgIpc) is 2.79. The molecule has 0 heterocycles. The smallest absolute Gasteiger partial charge is 0.429 e. The van der Waals surface area contributed by atoms with Gasteiger partial charge >= 0.3 is 12.5 Å². The first-order chi connectivity index (χ1) is 17.6. The van der Waals surface area contributed by atoms with Gasteiger partial charge in [0.05, 0.1) is 0 Å². The van der Waals surface area contributed by atoms with Crippen molar-refractivity contribution in [2.24, 2.45) is 0 Å². The molecule has 38 heavy (non-hydrogen) atoms. The Morgan fingerprint density at radius 2 is 1.24 bits per heavy atom. The number of rotatable bonds is 8. The zero-order chi connectivity index (χ0) is 28.4. The zero-order valence-corrected chi connectivity index (χ0v) is 19.0. The maximum atomic E-state index is 14.6. The molecule has 0 radical (unpaired) electrons. The minimum atomic E-state index is -5.50. The Bertz CT molecular complexity index is 1300. The summed E-state index contributed by atoms with van der Waals surface area (Å²) in [6, 6.07) is 5.28. The lowest BCUT2D eigenvalue weighted by Crippen LogP contribution is -2.25. The van der Waals surface area contributed by atoms with Crippen LogP contribution in [0, 0.1) is 23.3 Å². The van der Waals surface area contributed by atoms with E-state index in [4.69, 9.17) is 0 Å². The molecule has 0 aliphatic heterocycles. The summed E-state index contributed by atoms with van der Waals surface area (Å²) < 4.78 is 157. The number of hydrogen-bond donors (Lipinski definition) is 0. The van der Waals surface area contributed by atoms with E-state index in [9.17, 15) is 48.3 Å². The minimum absolute atomic E-state index is 0.0374. The van der Waals surface area contributed by atoms with Gasteiger partial charge in [0.2, 0.25) is 5.75 Å². The van der Waals surface area contributed by atoms with E-state index >= 15 is 0 Å². The molecule has 204 valence electrons. The van der Waals surface area contributed by atoms with Crippen molar-refractivity contribution in [3.63, 3.8) is 0 Å². The Morgan fingerprint density at radius 3 is 1.71 bits per heavy atom. The Labute approximate surface area is 207 Å². The first kappa shape index (κ1) is 28.8. The second-order valence-corrected chi connectivity index (χ2v) is 7.74. The van der Waals surface area contributed by atoms with Crippen LogP contribution in [0.5, 0.6) is 11.5 Å². The van der Waals surface area contributed by atoms with Crippen LogP contribution in [-0.4, -0.2) is 6.36 Å². The van der Waals surface area contributed by atoms with Crippen LogP contribution in [0.2, 0.25) is 0 Å². The highest BCUT2D eigenvalue weighted by Crippen LogP contribution is 2.39. The summed E-state index contributed by atoms with van der Waals surface area (Å²) in [6.07, 6.45) is -10.2. The molecule has 0 N–H and O–H groups in total. The molecule has 0 spiro atoms. The molecule has 13 heteroatoms. The first-order valence-electron chi connectivity index (χ1n) is 10.6. The highest BCUT2D eigenvalue weighted by atomic mass is 19.4. The first-order valence-corrected chi connectivity index (χ1v) is 10.6. The molecular weight excluding hydrogens is 541 g/mol. The molecular formula is C25H15F11O2. The molecule has 3 aromatic carbocycles. The van der Waals surface area contributed by atoms with Crippen LogP contribution in [0.15, 0.2) is 54.4 Å². The molecule has 0 saturated carbocycles. The quantitative estimate of drug-likeness (QED) is 0.258. The van der Waals surface area contributed by atoms with Gasteiger partial charge in [-0.2, -0.15) is 8.78 Å². The Hall–Kier alpha value is -3.77. The molecule has 0 saturated heterocycles. The third-order valence-corrected chi connectivity index (χ3v) is 4.95. The van der Waals surface area contributed by atoms with E-state index in [2.05, 4.69) is 9.47 Å². The van der Waals surface area contributed by atoms with Crippen LogP contribution in [0.25, 0.3) is 17.0 Å². The summed E-state index contributed by atoms with van der Waals surface area (Å²) in [7, 11) is 0. The van der Waals surface area contributed by atoms with Crippen molar-refractivity contribution in [2.45, 2.75) is 32.2 Å². The monoisotopic (exact) mass is 556 g/mol. The maximum Gasteiger partial charge on any atom is 0.573 e. The highest BCUT2D eigenvalue weighted by molar-refractivity contribution is 5.69. The van der Waals surface area contributed by atoms with Gasteiger partial charge in [0.25, 0.3) is 0 Å². The van der Waals surface area contributed by atoms with Crippen LogP contribution in [0.1, 0.15) is 30.9 Å². The number of halogens is 11. The molecule has 0 atom stereocenters. The molecule has 0 aliphatic rings. The van der Waals surface area contributed by atoms with E-state index in [1.165, 1.54) is 0 Å². The fraction of sp³-hybridized carbons (Fsp3) is 0.200. The fourth-order valence-corrected chi connectivity index (χ4v) is 3.32. The molecule has 0 bridgehead atoms. The van der Waals surface area contributed by atoms with Gasteiger partial charge in [-0.05, 0) is 29.7 Å². The van der Waals surface area contributed by atoms with Crippen molar-refractivity contribution >= 4 is 5.83 Å². The minimum Gasteiger partial charge on any atom is -0.429 e. The molecule has 0 aliphatic carbocycles. The lowest BCUT2D eigenvalue weighted by Gasteiger charge is -2.20. The summed E-state index contributed by atoms with van der Waals surface area (Å²) in [6.45, 7) is 1.64. The van der Waals surface area contributed by atoms with Crippen molar-refractivity contribution < 1.29 is 57.8 Å². The summed E-state index contributed by atoms with van der Waals surface area (Å²) in [5.41, 5.74) is -2.38. The van der Waals surface area contributed by atoms with Crippen LogP contribution >= 0.6 is 0 Å². The van der Waals surface area contributed by atoms with E-state index in [0.29, 0.717) is 18.6 Å². The molecule has 0 aromatic heterocycles. The van der Waals surface area contributed by atoms with Crippen LogP contribution in [0.4, 0.5) is 48.3 Å². The van der Waals surface area contributed by atoms with Crippen molar-refractivity contribution in [1.82, 2.24) is 0 Å². The molecule has 2 nitrogen and oxygen atoms in total. The van der Waals surface area contributed by atoms with E-state index < -0.39 is 64.5 Å². The van der Waals surface area contributed by atoms with Crippen LogP contribution < -0.4 is 9.47 Å². The Balaban J connectivity index is 1.90. The third-order valence-electron chi connectivity index (χ3n) is 4.95. The topological polar surface area (TPSA) is 18.5 Å². The predicted octanol–water partition coefficient (Wildman–Crippen LogP) is 9.34. The second-order valence-electron chi connectivity index (χ2n) is 7.74. The third kappa shape index (κ3) is 6.56. The molecule has 0 unspecified atom stereocenters. The van der Waals surface area contributed by atoms with Gasteiger partial charge in [0.15, 0.2) is 17.5 Å². The summed E-state index contributed by atoms with van der Waals surface area (Å²) in [4.78, 5) is 0. The largest absolute Gasteiger partial charge is 0.573 e. The standard InChI is InChI=1S/C25H15F11O2/c1-2-3-16(26)22(31)13-6-4-12(5-7-13)14-8-17(27)21(18(28)9-14)24(32,33)37-15-10-19(29)23(20(30)11-15)38-25(34,35)36/h4-11H,2-3H2,1H3/b22-16+. The van der Waals surface area contributed by atoms with Gasteiger partial charge in [-0.25, -0.2) is 26.3 Å². The van der Waals surface area contributed by atoms with Crippen LogP contribution in [0.3, 0.4) is 0 Å². The van der Waals surface area contributed by atoms with E-state index in [0.717, 1.165) is 24.3 Å². The van der Waals surface area contributed by atoms with Crippen LogP contribution in [-0.2, 0) is 6.11 Å². The van der Waals surface area contributed by atoms with E-state index in [-0.39, 0.29) is 35.2 Å². The highest BCUT2D eigenvalue weighted by Gasteiger charge is 2.42. The van der Waals surface area contributed by atoms with Gasteiger partial charge in [-0.3, -0.25) is 0 Å². The van der Waals surface area contributed by atoms with Crippen molar-refractivity contribution in [3.05, 3.63) is 88.8 Å². The SMILES string of the molecule is CCC/C(F)=C(\F)c1ccc(-c2cc(F)c(C(F)(F)Oc3cc(F)c(OC(F)(F)F)c(F)c3)c(F)c2)cc1. The normalized spacial score (nSPS) is 12.8. The lowest BCUT2D eigenvalue weighted by molar-refractivity contribution is -0.276. The summed E-state index contributed by atoms with van der Waals surface area (Å²) in [5, 5.41) is 0. The van der Waals surface area contributed by atoms with E-state index in [1.807, 2.05) is 0 Å². The molecule has 0 amide bonds. The lowest BCUT2D eigenvalue weighted by atomic mass is 10.0. The number of allylic oxidation sites excluding steroid dienone is 1. The van der Waals surface area contributed by atoms with Gasteiger partial charge in [0.1, 0.15) is 28.8 Å². The number of hydrogen-bond acceptors (Lipinski definition) is 2. The average molecular weight is 556 g/mol. The van der Waals surface area contributed by atoms with Gasteiger partial charge in [0, 0.05) is 24.1 Å². The van der Waals surface area contributed by atoms with Gasteiger partial charge in [-0.1, -0.05) is 31.2 Å². The van der Waals surface area contributed by atoms with E-state index in [1.54, 1.807) is 6.92 Å². The van der Waals surface area contributed by atoms with Crippen molar-refractivity contribution in [2.75, 3.05) is 0 Å². The number of alkyl halides is 5. The number of ether oxygens (including phenoxy) is 2. The van der Waals surface area contributed by atoms with Gasteiger partial charge in [-0.15, -0.1) is 13.2 Å². The fourth-order valence-electron chi connectivity index (χ4n) is 3.32.